The van der Waals surface area contributed by atoms with Crippen LogP contribution in [-0.4, -0.2) is 68.1 Å². The Labute approximate surface area is 182 Å². The second-order valence-electron chi connectivity index (χ2n) is 9.54. The van der Waals surface area contributed by atoms with Gasteiger partial charge in [-0.2, -0.15) is 0 Å². The van der Waals surface area contributed by atoms with Crippen molar-refractivity contribution >= 4 is 17.6 Å². The molecule has 7 heteroatoms. The molecule has 1 aromatic rings. The van der Waals surface area contributed by atoms with Gasteiger partial charge in [0, 0.05) is 26.1 Å². The van der Waals surface area contributed by atoms with Crippen molar-refractivity contribution < 1.29 is 29.1 Å². The van der Waals surface area contributed by atoms with Crippen LogP contribution < -0.4 is 9.80 Å². The molecule has 3 heterocycles. The van der Waals surface area contributed by atoms with Gasteiger partial charge in [0.1, 0.15) is 6.04 Å². The van der Waals surface area contributed by atoms with Gasteiger partial charge in [0.2, 0.25) is 5.60 Å². The topological polar surface area (TPSA) is 80.5 Å². The van der Waals surface area contributed by atoms with Crippen LogP contribution in [0.25, 0.3) is 0 Å². The number of para-hydroxylation sites is 1. The molecule has 4 aliphatic rings. The van der Waals surface area contributed by atoms with Crippen molar-refractivity contribution in [2.75, 3.05) is 32.1 Å². The molecule has 2 unspecified atom stereocenters. The first-order valence-electron chi connectivity index (χ1n) is 11.1. The van der Waals surface area contributed by atoms with E-state index in [4.69, 9.17) is 9.47 Å². The summed E-state index contributed by atoms with van der Waals surface area (Å²) in [6, 6.07) is 7.67. The minimum Gasteiger partial charge on any atom is -0.467 e. The number of carbonyl (C=O) groups excluding carboxylic acids is 2. The van der Waals surface area contributed by atoms with Crippen LogP contribution in [0.15, 0.2) is 36.4 Å². The lowest BCUT2D eigenvalue weighted by Gasteiger charge is -2.61. The van der Waals surface area contributed by atoms with Gasteiger partial charge >= 0.3 is 11.9 Å². The summed E-state index contributed by atoms with van der Waals surface area (Å²) in [5, 5.41) is 12.4. The number of esters is 2. The number of hydrogen-bond donors (Lipinski definition) is 2. The lowest BCUT2D eigenvalue weighted by molar-refractivity contribution is -0.920. The van der Waals surface area contributed by atoms with Crippen molar-refractivity contribution in [2.45, 2.75) is 55.9 Å². The maximum absolute atomic E-state index is 13.4. The average Bonchev–Trinajstić information content (AvgIpc) is 3.28. The van der Waals surface area contributed by atoms with E-state index in [1.54, 1.807) is 0 Å². The maximum Gasteiger partial charge on any atom is 0.344 e. The highest BCUT2D eigenvalue weighted by molar-refractivity contribution is 5.86. The van der Waals surface area contributed by atoms with Crippen molar-refractivity contribution in [3.63, 3.8) is 0 Å². The number of likely N-dealkylation sites (N-methyl/N-ethyl adjacent to an activating group) is 1. The molecule has 7 atom stereocenters. The van der Waals surface area contributed by atoms with E-state index >= 15 is 0 Å². The van der Waals surface area contributed by atoms with E-state index < -0.39 is 40.5 Å². The summed E-state index contributed by atoms with van der Waals surface area (Å²) in [7, 11) is 3.21. The Morgan fingerprint density at radius 2 is 2.06 bits per heavy atom. The fourth-order valence-corrected chi connectivity index (χ4v) is 7.75. The van der Waals surface area contributed by atoms with Crippen molar-refractivity contribution in [3.8, 4) is 0 Å². The summed E-state index contributed by atoms with van der Waals surface area (Å²) in [5.74, 6) is -1.26. The fraction of sp³-hybridized carbons (Fsp3) is 0.583. The SMILES string of the molecule is CC[C@]12C=CC[NH+]3CC[C@@]4(c5ccccc5N(C)C4[C@@](O)(C(=O)OC)[C@@H]1OC(C)=O)[C@@H]32. The van der Waals surface area contributed by atoms with Gasteiger partial charge in [-0.1, -0.05) is 31.2 Å². The first-order valence-corrected chi connectivity index (χ1v) is 11.1. The number of hydrogen-bond acceptors (Lipinski definition) is 6. The molecule has 1 spiro atoms. The molecule has 1 saturated carbocycles. The number of benzene rings is 1. The number of nitrogens with zero attached hydrogens (tertiary/aromatic N) is 1. The predicted octanol–water partition coefficient (Wildman–Crippen LogP) is 0.216. The molecule has 1 saturated heterocycles. The molecule has 1 aromatic carbocycles. The molecular formula is C24H31N2O5+. The van der Waals surface area contributed by atoms with E-state index in [1.165, 1.54) is 24.5 Å². The summed E-state index contributed by atoms with van der Waals surface area (Å²) >= 11 is 0. The molecule has 2 fully saturated rings. The molecule has 5 rings (SSSR count). The van der Waals surface area contributed by atoms with Crippen LogP contribution in [0.2, 0.25) is 0 Å². The van der Waals surface area contributed by atoms with Gasteiger partial charge in [-0.05, 0) is 24.1 Å². The zero-order chi connectivity index (χ0) is 22.2. The molecule has 166 valence electrons. The Kier molecular flexibility index (Phi) is 4.34. The smallest absolute Gasteiger partial charge is 0.344 e. The fourth-order valence-electron chi connectivity index (χ4n) is 7.75. The maximum atomic E-state index is 13.4. The van der Waals surface area contributed by atoms with Crippen molar-refractivity contribution in [2.24, 2.45) is 5.41 Å². The lowest BCUT2D eigenvalue weighted by atomic mass is 9.47. The molecule has 31 heavy (non-hydrogen) atoms. The number of aliphatic hydroxyl groups is 1. The first kappa shape index (κ1) is 20.5. The number of rotatable bonds is 3. The number of ether oxygens (including phenoxy) is 2. The second kappa shape index (κ2) is 6.56. The third kappa shape index (κ3) is 2.21. The molecule has 7 nitrogen and oxygen atoms in total. The van der Waals surface area contributed by atoms with Crippen LogP contribution in [0, 0.1) is 5.41 Å². The largest absolute Gasteiger partial charge is 0.467 e. The van der Waals surface area contributed by atoms with Crippen LogP contribution in [0.5, 0.6) is 0 Å². The van der Waals surface area contributed by atoms with E-state index in [0.29, 0.717) is 6.42 Å². The molecule has 3 aliphatic heterocycles. The Morgan fingerprint density at radius 1 is 1.32 bits per heavy atom. The number of nitrogens with one attached hydrogen (secondary N) is 1. The van der Waals surface area contributed by atoms with Crippen LogP contribution in [-0.2, 0) is 24.5 Å². The summed E-state index contributed by atoms with van der Waals surface area (Å²) in [6.07, 6.45) is 4.66. The Morgan fingerprint density at radius 3 is 2.74 bits per heavy atom. The van der Waals surface area contributed by atoms with Crippen molar-refractivity contribution in [1.82, 2.24) is 0 Å². The van der Waals surface area contributed by atoms with Crippen LogP contribution in [0.1, 0.15) is 32.3 Å². The number of carbonyl (C=O) groups is 2. The summed E-state index contributed by atoms with van der Waals surface area (Å²) < 4.78 is 11.1. The van der Waals surface area contributed by atoms with E-state index in [2.05, 4.69) is 25.1 Å². The molecule has 0 bridgehead atoms. The highest BCUT2D eigenvalue weighted by atomic mass is 16.6. The molecular weight excluding hydrogens is 396 g/mol. The minimum atomic E-state index is -2.02. The number of fused-ring (bicyclic) bond motifs is 1. The standard InChI is InChI=1S/C24H30N2O5/c1-5-22-11-8-13-26-14-12-23(18(22)26)16-9-6-7-10-17(16)25(3)19(23)24(29,21(28)30-4)20(22)31-15(2)27/h6-11,18-20,29H,5,12-14H2,1-4H3/p+1/t18-,19?,20+,22+,23+,24-/m0/s1. The minimum absolute atomic E-state index is 0.0698. The predicted molar refractivity (Wildman–Crippen MR) is 114 cm³/mol. The van der Waals surface area contributed by atoms with E-state index in [1.807, 2.05) is 30.1 Å². The first-order chi connectivity index (χ1) is 14.8. The number of methoxy groups -OCH3 is 1. The van der Waals surface area contributed by atoms with Crippen LogP contribution >= 0.6 is 0 Å². The Balaban J connectivity index is 1.87. The highest BCUT2D eigenvalue weighted by Crippen LogP contribution is 2.63. The van der Waals surface area contributed by atoms with Gasteiger partial charge in [-0.25, -0.2) is 4.79 Å². The molecule has 0 amide bonds. The average molecular weight is 428 g/mol. The van der Waals surface area contributed by atoms with E-state index in [-0.39, 0.29) is 6.04 Å². The summed E-state index contributed by atoms with van der Waals surface area (Å²) in [6.45, 7) is 5.20. The molecule has 2 N–H and O–H groups in total. The Bertz CT molecular complexity index is 978. The van der Waals surface area contributed by atoms with E-state index in [0.717, 1.165) is 25.2 Å². The molecule has 1 aliphatic carbocycles. The van der Waals surface area contributed by atoms with Gasteiger partial charge in [0.15, 0.2) is 6.10 Å². The monoisotopic (exact) mass is 427 g/mol. The number of quaternary nitrogens is 1. The zero-order valence-corrected chi connectivity index (χ0v) is 18.6. The normalized spacial score (nSPS) is 41.9. The van der Waals surface area contributed by atoms with E-state index in [9.17, 15) is 14.7 Å². The van der Waals surface area contributed by atoms with Crippen molar-refractivity contribution in [1.29, 1.82) is 0 Å². The summed E-state index contributed by atoms with van der Waals surface area (Å²) in [4.78, 5) is 29.1. The van der Waals surface area contributed by atoms with Crippen LogP contribution in [0.3, 0.4) is 0 Å². The van der Waals surface area contributed by atoms with Gasteiger partial charge in [-0.15, -0.1) is 0 Å². The van der Waals surface area contributed by atoms with Gasteiger partial charge in [0.05, 0.1) is 37.1 Å². The molecule has 0 radical (unpaired) electrons. The van der Waals surface area contributed by atoms with Crippen LogP contribution in [0.4, 0.5) is 5.69 Å². The second-order valence-corrected chi connectivity index (χ2v) is 9.54. The molecule has 0 aromatic heterocycles. The highest BCUT2D eigenvalue weighted by Gasteiger charge is 2.82. The Hall–Kier alpha value is -2.38. The third-order valence-electron chi connectivity index (χ3n) is 8.50. The lowest BCUT2D eigenvalue weighted by Crippen LogP contribution is -3.18. The van der Waals surface area contributed by atoms with Gasteiger partial charge < -0.3 is 24.4 Å². The zero-order valence-electron chi connectivity index (χ0n) is 18.6. The summed E-state index contributed by atoms with van der Waals surface area (Å²) in [5.41, 5.74) is -0.981. The number of anilines is 1. The quantitative estimate of drug-likeness (QED) is 0.531. The van der Waals surface area contributed by atoms with Crippen molar-refractivity contribution in [3.05, 3.63) is 42.0 Å². The third-order valence-corrected chi connectivity index (χ3v) is 8.50. The van der Waals surface area contributed by atoms with Gasteiger partial charge in [-0.3, -0.25) is 4.79 Å². The van der Waals surface area contributed by atoms with Gasteiger partial charge in [0.25, 0.3) is 0 Å².